The van der Waals surface area contributed by atoms with E-state index in [1.54, 1.807) is 0 Å². The van der Waals surface area contributed by atoms with Gasteiger partial charge in [-0.05, 0) is 44.4 Å². The van der Waals surface area contributed by atoms with Gasteiger partial charge in [0.2, 0.25) is 0 Å². The monoisotopic (exact) mass is 403 g/mol. The van der Waals surface area contributed by atoms with Gasteiger partial charge in [-0.25, -0.2) is 4.39 Å². The van der Waals surface area contributed by atoms with E-state index >= 15 is 0 Å². The number of carboxylic acids is 1. The first-order valence-electron chi connectivity index (χ1n) is 9.16. The summed E-state index contributed by atoms with van der Waals surface area (Å²) in [4.78, 5) is 20.3. The molecule has 0 radical (unpaired) electrons. The van der Waals surface area contributed by atoms with Crippen LogP contribution in [0, 0.1) is 5.82 Å². The van der Waals surface area contributed by atoms with Crippen molar-refractivity contribution in [1.82, 2.24) is 0 Å². The van der Waals surface area contributed by atoms with Gasteiger partial charge in [-0.1, -0.05) is 43.4 Å². The summed E-state index contributed by atoms with van der Waals surface area (Å²) in [7, 11) is 0. The number of hydrogen-bond acceptors (Lipinski definition) is 5. The van der Waals surface area contributed by atoms with E-state index in [0.717, 1.165) is 12.8 Å². The fraction of sp³-hybridized carbons (Fsp3) is 0.579. The molecule has 1 atom stereocenters. The van der Waals surface area contributed by atoms with E-state index < -0.39 is 17.8 Å². The Kier molecular flexibility index (Phi) is 14.6. The third-order valence-electron chi connectivity index (χ3n) is 4.05. The van der Waals surface area contributed by atoms with E-state index in [2.05, 4.69) is 0 Å². The highest BCUT2D eigenvalue weighted by Gasteiger charge is 2.09. The number of aliphatic carboxylic acids is 1. The van der Waals surface area contributed by atoms with Crippen molar-refractivity contribution in [2.75, 3.05) is 6.54 Å². The molecule has 0 bridgehead atoms. The maximum atomic E-state index is 12.5. The van der Waals surface area contributed by atoms with Gasteiger partial charge in [0.1, 0.15) is 11.9 Å². The Bertz CT molecular complexity index is 535. The molecule has 6 nitrogen and oxygen atoms in total. The van der Waals surface area contributed by atoms with Gasteiger partial charge < -0.3 is 22.3 Å². The average molecular weight is 404 g/mol. The fourth-order valence-corrected chi connectivity index (χ4v) is 2.60. The topological polar surface area (TPSA) is 132 Å². The van der Waals surface area contributed by atoms with Gasteiger partial charge in [0, 0.05) is 6.04 Å². The molecule has 7 N–H and O–H groups in total. The molecule has 1 unspecified atom stereocenters. The first kappa shape index (κ1) is 25.5. The summed E-state index contributed by atoms with van der Waals surface area (Å²) in [6.45, 7) is 0.604. The highest BCUT2D eigenvalue weighted by molar-refractivity contribution is 6.32. The van der Waals surface area contributed by atoms with Crippen molar-refractivity contribution in [3.05, 3.63) is 34.6 Å². The molecule has 0 amide bonds. The fourth-order valence-electron chi connectivity index (χ4n) is 2.39. The Morgan fingerprint density at radius 2 is 1.93 bits per heavy atom. The van der Waals surface area contributed by atoms with Crippen molar-refractivity contribution in [2.24, 2.45) is 17.2 Å². The first-order chi connectivity index (χ1) is 12.8. The second kappa shape index (κ2) is 15.5. The standard InChI is InChI=1S/C7H4ClFO.C6H14N2O2.C6H13N/c8-6-2-1-3-7(9)5(6)4-10;7-4-2-1-3-5(8)6(9)10;7-6-4-2-1-3-5-6/h1-4H;5H,1-4,7-8H2,(H,9,10);6H,1-5,7H2. The summed E-state index contributed by atoms with van der Waals surface area (Å²) >= 11 is 5.46. The number of nitrogens with two attached hydrogens (primary N) is 3. The summed E-state index contributed by atoms with van der Waals surface area (Å²) in [6, 6.07) is 3.93. The van der Waals surface area contributed by atoms with Gasteiger partial charge in [-0.15, -0.1) is 0 Å². The second-order valence-corrected chi connectivity index (χ2v) is 6.79. The molecule has 27 heavy (non-hydrogen) atoms. The molecule has 1 saturated carbocycles. The minimum absolute atomic E-state index is 0.0795. The minimum Gasteiger partial charge on any atom is -0.480 e. The van der Waals surface area contributed by atoms with Crippen LogP contribution in [0.3, 0.4) is 0 Å². The van der Waals surface area contributed by atoms with Gasteiger partial charge in [0.05, 0.1) is 10.6 Å². The number of carbonyl (C=O) groups excluding carboxylic acids is 1. The van der Waals surface area contributed by atoms with E-state index in [-0.39, 0.29) is 10.6 Å². The molecular weight excluding hydrogens is 373 g/mol. The Balaban J connectivity index is 0.000000382. The molecule has 0 aliphatic heterocycles. The zero-order valence-electron chi connectivity index (χ0n) is 15.6. The summed E-state index contributed by atoms with van der Waals surface area (Å²) in [6.07, 6.45) is 9.23. The molecule has 154 valence electrons. The molecule has 8 heteroatoms. The number of rotatable bonds is 6. The van der Waals surface area contributed by atoms with Crippen molar-refractivity contribution in [1.29, 1.82) is 0 Å². The number of hydrogen-bond donors (Lipinski definition) is 4. The van der Waals surface area contributed by atoms with Gasteiger partial charge in [-0.3, -0.25) is 9.59 Å². The zero-order chi connectivity index (χ0) is 20.7. The van der Waals surface area contributed by atoms with E-state index in [1.807, 2.05) is 0 Å². The number of unbranched alkanes of at least 4 members (excludes halogenated alkanes) is 1. The predicted octanol–water partition coefficient (Wildman–Crippen LogP) is 3.10. The van der Waals surface area contributed by atoms with Gasteiger partial charge in [-0.2, -0.15) is 0 Å². The zero-order valence-corrected chi connectivity index (χ0v) is 16.3. The van der Waals surface area contributed by atoms with Crippen LogP contribution in [0.5, 0.6) is 0 Å². The third kappa shape index (κ3) is 12.5. The maximum Gasteiger partial charge on any atom is 0.320 e. The van der Waals surface area contributed by atoms with Crippen LogP contribution in [0.4, 0.5) is 4.39 Å². The molecule has 0 heterocycles. The number of carboxylic acid groups (broad SMARTS) is 1. The molecule has 1 aliphatic carbocycles. The van der Waals surface area contributed by atoms with Crippen LogP contribution >= 0.6 is 11.6 Å². The van der Waals surface area contributed by atoms with E-state index in [4.69, 9.17) is 33.9 Å². The van der Waals surface area contributed by atoms with Crippen molar-refractivity contribution in [3.63, 3.8) is 0 Å². The number of benzene rings is 1. The van der Waals surface area contributed by atoms with Gasteiger partial charge in [0.15, 0.2) is 6.29 Å². The molecule has 1 aromatic rings. The van der Waals surface area contributed by atoms with Gasteiger partial charge >= 0.3 is 5.97 Å². The molecule has 1 fully saturated rings. The van der Waals surface area contributed by atoms with E-state index in [1.165, 1.54) is 50.3 Å². The van der Waals surface area contributed by atoms with Crippen LogP contribution in [0.25, 0.3) is 0 Å². The van der Waals surface area contributed by atoms with Crippen molar-refractivity contribution in [3.8, 4) is 0 Å². The Hall–Kier alpha value is -1.54. The highest BCUT2D eigenvalue weighted by atomic mass is 35.5. The maximum absolute atomic E-state index is 12.5. The summed E-state index contributed by atoms with van der Waals surface area (Å²) in [5, 5.41) is 8.47. The molecule has 0 aromatic heterocycles. The number of aldehydes is 1. The van der Waals surface area contributed by atoms with E-state index in [9.17, 15) is 14.0 Å². The van der Waals surface area contributed by atoms with E-state index in [0.29, 0.717) is 25.3 Å². The average Bonchev–Trinajstić information content (AvgIpc) is 2.64. The van der Waals surface area contributed by atoms with Crippen molar-refractivity contribution in [2.45, 2.75) is 63.5 Å². The van der Waals surface area contributed by atoms with Crippen molar-refractivity contribution < 1.29 is 19.1 Å². The number of halogens is 2. The lowest BCUT2D eigenvalue weighted by Gasteiger charge is -2.15. The first-order valence-corrected chi connectivity index (χ1v) is 9.54. The minimum atomic E-state index is -0.933. The Labute approximate surface area is 165 Å². The lowest BCUT2D eigenvalue weighted by atomic mass is 9.97. The van der Waals surface area contributed by atoms with Gasteiger partial charge in [0.25, 0.3) is 0 Å². The predicted molar refractivity (Wildman–Crippen MR) is 106 cm³/mol. The molecule has 2 rings (SSSR count). The normalized spacial score (nSPS) is 14.9. The molecular formula is C19H31ClFN3O3. The summed E-state index contributed by atoms with van der Waals surface area (Å²) in [5.41, 5.74) is 16.0. The lowest BCUT2D eigenvalue weighted by Crippen LogP contribution is -2.29. The summed E-state index contributed by atoms with van der Waals surface area (Å²) in [5.74, 6) is -1.51. The van der Waals surface area contributed by atoms with Crippen molar-refractivity contribution >= 4 is 23.9 Å². The largest absolute Gasteiger partial charge is 0.480 e. The Morgan fingerprint density at radius 1 is 1.30 bits per heavy atom. The molecule has 0 spiro atoms. The van der Waals surface area contributed by atoms with Crippen LogP contribution in [-0.4, -0.2) is 36.0 Å². The Morgan fingerprint density at radius 3 is 2.30 bits per heavy atom. The quantitative estimate of drug-likeness (QED) is 0.426. The lowest BCUT2D eigenvalue weighted by molar-refractivity contribution is -0.138. The summed E-state index contributed by atoms with van der Waals surface area (Å²) < 4.78 is 12.5. The smallest absolute Gasteiger partial charge is 0.320 e. The van der Waals surface area contributed by atoms with Crippen LogP contribution in [0.2, 0.25) is 5.02 Å². The highest BCUT2D eigenvalue weighted by Crippen LogP contribution is 2.16. The second-order valence-electron chi connectivity index (χ2n) is 6.38. The SMILES string of the molecule is NC1CCCCC1.NCCCCC(N)C(=O)O.O=Cc1c(F)cccc1Cl. The molecule has 1 aromatic carbocycles. The number of carbonyl (C=O) groups is 2. The van der Waals surface area contributed by atoms with Crippen LogP contribution < -0.4 is 17.2 Å². The molecule has 1 aliphatic rings. The third-order valence-corrected chi connectivity index (χ3v) is 4.38. The molecule has 0 saturated heterocycles. The van der Waals surface area contributed by atoms with Crippen LogP contribution in [0.1, 0.15) is 61.7 Å². The van der Waals surface area contributed by atoms with Crippen LogP contribution in [0.15, 0.2) is 18.2 Å². The van der Waals surface area contributed by atoms with Crippen LogP contribution in [-0.2, 0) is 4.79 Å².